The topological polar surface area (TPSA) is 94.9 Å². The first-order valence-electron chi connectivity index (χ1n) is 5.69. The van der Waals surface area contributed by atoms with Crippen LogP contribution in [0.4, 0.5) is 0 Å². The Morgan fingerprint density at radius 1 is 1.32 bits per heavy atom. The second-order valence-electron chi connectivity index (χ2n) is 4.95. The molecule has 0 bridgehead atoms. The van der Waals surface area contributed by atoms with Crippen molar-refractivity contribution in [2.75, 3.05) is 0 Å². The van der Waals surface area contributed by atoms with Gasteiger partial charge >= 0.3 is 7.12 Å². The number of carbonyl (C=O) groups excluding carboxylic acids is 1. The van der Waals surface area contributed by atoms with Gasteiger partial charge in [-0.1, -0.05) is 24.3 Å². The van der Waals surface area contributed by atoms with E-state index in [1.807, 2.05) is 0 Å². The molecule has 2 N–H and O–H groups in total. The monoisotopic (exact) mass is 283 g/mol. The zero-order valence-corrected chi connectivity index (χ0v) is 11.4. The summed E-state index contributed by atoms with van der Waals surface area (Å²) >= 11 is 0. The highest BCUT2D eigenvalue weighted by Gasteiger charge is 2.59. The van der Waals surface area contributed by atoms with Crippen LogP contribution in [0.2, 0.25) is 0 Å². The molecule has 0 radical (unpaired) electrons. The predicted molar refractivity (Wildman–Crippen MR) is 69.8 cm³/mol. The minimum Gasteiger partial charge on any atom is -0.423 e. The Balaban J connectivity index is 2.24. The maximum Gasteiger partial charge on any atom is 0.488 e. The van der Waals surface area contributed by atoms with Crippen molar-refractivity contribution in [3.63, 3.8) is 0 Å². The molecule has 1 fully saturated rings. The number of nitrogens with zero attached hydrogens (tertiary/aromatic N) is 1. The lowest BCUT2D eigenvalue weighted by molar-refractivity contribution is -0.132. The van der Waals surface area contributed by atoms with E-state index in [9.17, 15) is 13.2 Å². The van der Waals surface area contributed by atoms with Crippen molar-refractivity contribution in [1.29, 1.82) is 0 Å². The van der Waals surface area contributed by atoms with Crippen LogP contribution in [0.15, 0.2) is 24.3 Å². The molecule has 102 valence electrons. The molecular formula is C11H14BNO5S. The van der Waals surface area contributed by atoms with E-state index in [1.54, 1.807) is 12.1 Å². The van der Waals surface area contributed by atoms with E-state index >= 15 is 0 Å². The Kier molecular flexibility index (Phi) is 3.20. The zero-order valence-electron chi connectivity index (χ0n) is 10.6. The molecule has 6 nitrogen and oxygen atoms in total. The molecule has 1 aliphatic heterocycles. The van der Waals surface area contributed by atoms with Crippen LogP contribution in [0.25, 0.3) is 0 Å². The molecule has 1 amide bonds. The molecule has 1 aliphatic rings. The number of carbonyl (C=O) groups is 1. The lowest BCUT2D eigenvalue weighted by Crippen LogP contribution is -2.66. The minimum absolute atomic E-state index is 0.0921. The van der Waals surface area contributed by atoms with E-state index in [0.29, 0.717) is 5.56 Å². The van der Waals surface area contributed by atoms with Crippen molar-refractivity contribution >= 4 is 28.5 Å². The summed E-state index contributed by atoms with van der Waals surface area (Å²) in [6, 6.07) is 6.16. The summed E-state index contributed by atoms with van der Waals surface area (Å²) in [5.74, 6) is -0.456. The van der Waals surface area contributed by atoms with E-state index < -0.39 is 27.8 Å². The van der Waals surface area contributed by atoms with Crippen LogP contribution in [0.1, 0.15) is 19.4 Å². The fourth-order valence-electron chi connectivity index (χ4n) is 1.93. The molecule has 1 aromatic carbocycles. The number of benzene rings is 1. The summed E-state index contributed by atoms with van der Waals surface area (Å²) in [7, 11) is -5.25. The van der Waals surface area contributed by atoms with Crippen LogP contribution in [0, 0.1) is 0 Å². The van der Waals surface area contributed by atoms with E-state index in [0.717, 1.165) is 4.31 Å². The van der Waals surface area contributed by atoms with E-state index in [-0.39, 0.29) is 12.0 Å². The first-order chi connectivity index (χ1) is 8.68. The molecule has 1 heterocycles. The molecule has 8 heteroatoms. The summed E-state index contributed by atoms with van der Waals surface area (Å²) in [4.78, 5) is 11.8. The first-order valence-corrected chi connectivity index (χ1v) is 7.13. The average molecular weight is 283 g/mol. The Morgan fingerprint density at radius 3 is 2.47 bits per heavy atom. The predicted octanol–water partition coefficient (Wildman–Crippen LogP) is -1.18. The third kappa shape index (κ3) is 2.05. The highest BCUT2D eigenvalue weighted by atomic mass is 32.2. The minimum atomic E-state index is -3.62. The molecule has 19 heavy (non-hydrogen) atoms. The quantitative estimate of drug-likeness (QED) is 0.681. The van der Waals surface area contributed by atoms with Crippen molar-refractivity contribution < 1.29 is 23.3 Å². The van der Waals surface area contributed by atoms with Crippen LogP contribution in [0.3, 0.4) is 0 Å². The first kappa shape index (κ1) is 14.0. The van der Waals surface area contributed by atoms with E-state index in [4.69, 9.17) is 10.0 Å². The third-order valence-corrected chi connectivity index (χ3v) is 5.59. The van der Waals surface area contributed by atoms with E-state index in [2.05, 4.69) is 0 Å². The van der Waals surface area contributed by atoms with Crippen molar-refractivity contribution in [2.45, 2.75) is 25.1 Å². The van der Waals surface area contributed by atoms with Gasteiger partial charge in [-0.2, -0.15) is 0 Å². The average Bonchev–Trinajstić information content (AvgIpc) is 2.35. The summed E-state index contributed by atoms with van der Waals surface area (Å²) in [5.41, 5.74) is 0.778. The lowest BCUT2D eigenvalue weighted by Gasteiger charge is -2.43. The van der Waals surface area contributed by atoms with Gasteiger partial charge < -0.3 is 10.0 Å². The second kappa shape index (κ2) is 4.33. The van der Waals surface area contributed by atoms with Crippen LogP contribution >= 0.6 is 0 Å². The molecule has 1 saturated heterocycles. The number of amides is 1. The highest BCUT2D eigenvalue weighted by molar-refractivity contribution is 7.94. The van der Waals surface area contributed by atoms with Crippen molar-refractivity contribution in [2.24, 2.45) is 0 Å². The molecule has 0 aromatic heterocycles. The van der Waals surface area contributed by atoms with E-state index in [1.165, 1.54) is 26.0 Å². The maximum atomic E-state index is 11.9. The molecular weight excluding hydrogens is 269 g/mol. The summed E-state index contributed by atoms with van der Waals surface area (Å²) < 4.78 is 23.2. The van der Waals surface area contributed by atoms with Gasteiger partial charge in [-0.15, -0.1) is 0 Å². The molecule has 2 rings (SSSR count). The Labute approximate surface area is 111 Å². The third-order valence-electron chi connectivity index (χ3n) is 3.25. The fraction of sp³-hybridized carbons (Fsp3) is 0.364. The van der Waals surface area contributed by atoms with Gasteiger partial charge in [-0.3, -0.25) is 4.79 Å². The maximum absolute atomic E-state index is 11.9. The van der Waals surface area contributed by atoms with Gasteiger partial charge in [0.15, 0.2) is 4.75 Å². The fourth-order valence-corrected chi connectivity index (χ4v) is 3.45. The Hall–Kier alpha value is -1.38. The number of sulfonamides is 1. The normalized spacial score (nSPS) is 20.0. The van der Waals surface area contributed by atoms with Gasteiger partial charge in [0.2, 0.25) is 0 Å². The molecule has 0 atom stereocenters. The van der Waals surface area contributed by atoms with Crippen LogP contribution < -0.4 is 5.46 Å². The Morgan fingerprint density at radius 2 is 1.95 bits per heavy atom. The van der Waals surface area contributed by atoms with Crippen molar-refractivity contribution in [1.82, 2.24) is 4.31 Å². The Bertz CT molecular complexity index is 626. The number of hydrogen-bond acceptors (Lipinski definition) is 5. The summed E-state index contributed by atoms with van der Waals surface area (Å²) in [6.07, 6.45) is 0. The summed E-state index contributed by atoms with van der Waals surface area (Å²) in [6.45, 7) is 2.65. The molecule has 0 unspecified atom stereocenters. The number of rotatable bonds is 3. The van der Waals surface area contributed by atoms with Crippen molar-refractivity contribution in [3.8, 4) is 0 Å². The van der Waals surface area contributed by atoms with Gasteiger partial charge in [0.25, 0.3) is 15.9 Å². The largest absolute Gasteiger partial charge is 0.488 e. The van der Waals surface area contributed by atoms with Crippen LogP contribution in [-0.4, -0.2) is 40.5 Å². The van der Waals surface area contributed by atoms with Gasteiger partial charge in [-0.05, 0) is 24.9 Å². The lowest BCUT2D eigenvalue weighted by atomic mass is 9.79. The molecule has 0 aliphatic carbocycles. The molecule has 0 spiro atoms. The van der Waals surface area contributed by atoms with Crippen LogP contribution in [-0.2, 0) is 21.4 Å². The molecule has 1 aromatic rings. The SMILES string of the molecule is CC1(C)C(=O)N(Cc2cccc(B(O)O)c2)S1(=O)=O. The van der Waals surface area contributed by atoms with Gasteiger partial charge in [0.1, 0.15) is 0 Å². The van der Waals surface area contributed by atoms with Crippen molar-refractivity contribution in [3.05, 3.63) is 29.8 Å². The smallest absolute Gasteiger partial charge is 0.423 e. The van der Waals surface area contributed by atoms with Gasteiger partial charge in [0.05, 0.1) is 6.54 Å². The highest BCUT2D eigenvalue weighted by Crippen LogP contribution is 2.35. The van der Waals surface area contributed by atoms with Gasteiger partial charge in [0, 0.05) is 0 Å². The summed E-state index contributed by atoms with van der Waals surface area (Å²) in [5, 5.41) is 18.1. The second-order valence-corrected chi connectivity index (χ2v) is 7.36. The molecule has 0 saturated carbocycles. The standard InChI is InChI=1S/C11H14BNO5S/c1-11(2)10(14)13(19(11,17)18)7-8-4-3-5-9(6-8)12(15)16/h3-6,15-16H,7H2,1-2H3. The zero-order chi connectivity index (χ0) is 14.4. The number of hydrogen-bond donors (Lipinski definition) is 2. The van der Waals surface area contributed by atoms with Crippen LogP contribution in [0.5, 0.6) is 0 Å². The van der Waals surface area contributed by atoms with Gasteiger partial charge in [-0.25, -0.2) is 12.7 Å².